The zero-order chi connectivity index (χ0) is 11.7. The summed E-state index contributed by atoms with van der Waals surface area (Å²) in [5.41, 5.74) is 2.21. The van der Waals surface area contributed by atoms with Gasteiger partial charge in [-0.1, -0.05) is 34.5 Å². The Bertz CT molecular complexity index is 380. The predicted molar refractivity (Wildman–Crippen MR) is 74.8 cm³/mol. The summed E-state index contributed by atoms with van der Waals surface area (Å²) in [5.74, 6) is 3.11. The third-order valence-corrected chi connectivity index (χ3v) is 6.27. The Balaban J connectivity index is 2.17. The van der Waals surface area contributed by atoms with Crippen LogP contribution in [-0.2, 0) is 19.9 Å². The molecule has 0 aromatic carbocycles. The van der Waals surface area contributed by atoms with Crippen molar-refractivity contribution in [2.75, 3.05) is 11.5 Å². The van der Waals surface area contributed by atoms with Crippen molar-refractivity contribution >= 4 is 39.3 Å². The molecular formula is C11H16BrClN2S. The lowest BCUT2D eigenvalue weighted by Crippen LogP contribution is -2.16. The van der Waals surface area contributed by atoms with E-state index in [1.54, 1.807) is 0 Å². The van der Waals surface area contributed by atoms with Crippen molar-refractivity contribution in [3.05, 3.63) is 16.4 Å². The molecule has 0 N–H and O–H groups in total. The van der Waals surface area contributed by atoms with Gasteiger partial charge in [0.25, 0.3) is 0 Å². The van der Waals surface area contributed by atoms with Crippen molar-refractivity contribution in [1.82, 2.24) is 9.78 Å². The zero-order valence-corrected chi connectivity index (χ0v) is 12.7. The smallest absolute Gasteiger partial charge is 0.0849 e. The van der Waals surface area contributed by atoms with Gasteiger partial charge >= 0.3 is 0 Å². The lowest BCUT2D eigenvalue weighted by molar-refractivity contribution is 0.575. The van der Waals surface area contributed by atoms with Gasteiger partial charge in [0, 0.05) is 17.6 Å². The molecule has 90 valence electrons. The summed E-state index contributed by atoms with van der Waals surface area (Å²) in [5, 5.41) is 5.33. The van der Waals surface area contributed by atoms with E-state index in [0.29, 0.717) is 10.7 Å². The van der Waals surface area contributed by atoms with Gasteiger partial charge in [-0.15, -0.1) is 0 Å². The third-order valence-electron chi connectivity index (χ3n) is 3.08. The van der Waals surface area contributed by atoms with Gasteiger partial charge < -0.3 is 0 Å². The number of thioether (sulfide) groups is 1. The van der Waals surface area contributed by atoms with Gasteiger partial charge in [-0.25, -0.2) is 0 Å². The Hall–Kier alpha value is 0.330. The molecule has 1 aliphatic rings. The molecule has 0 amide bonds. The maximum atomic E-state index is 6.35. The van der Waals surface area contributed by atoms with E-state index in [-0.39, 0.29) is 0 Å². The zero-order valence-electron chi connectivity index (χ0n) is 9.54. The Labute approximate surface area is 114 Å². The standard InChI is InChI=1S/C11H16BrClN2S/c1-3-9-11(13)10(15(2)14-9)4-7-5-16-6-8(7)12/h7-8H,3-6H2,1-2H3. The van der Waals surface area contributed by atoms with Crippen molar-refractivity contribution in [2.24, 2.45) is 13.0 Å². The second-order valence-corrected chi connectivity index (χ2v) is 6.83. The number of aromatic nitrogens is 2. The number of hydrogen-bond donors (Lipinski definition) is 0. The van der Waals surface area contributed by atoms with Crippen LogP contribution in [0, 0.1) is 5.92 Å². The van der Waals surface area contributed by atoms with E-state index in [4.69, 9.17) is 11.6 Å². The fourth-order valence-electron chi connectivity index (χ4n) is 2.05. The van der Waals surface area contributed by atoms with Crippen LogP contribution in [0.2, 0.25) is 5.02 Å². The molecule has 2 rings (SSSR count). The average Bonchev–Trinajstić information content (AvgIpc) is 2.77. The highest BCUT2D eigenvalue weighted by Crippen LogP contribution is 2.34. The maximum Gasteiger partial charge on any atom is 0.0849 e. The first-order valence-electron chi connectivity index (χ1n) is 5.55. The molecule has 0 radical (unpaired) electrons. The topological polar surface area (TPSA) is 17.8 Å². The van der Waals surface area contributed by atoms with Gasteiger partial charge in [-0.05, 0) is 24.5 Å². The van der Waals surface area contributed by atoms with Gasteiger partial charge in [0.15, 0.2) is 0 Å². The molecule has 0 saturated carbocycles. The van der Waals surface area contributed by atoms with Crippen LogP contribution in [0.5, 0.6) is 0 Å². The van der Waals surface area contributed by atoms with Crippen LogP contribution in [0.1, 0.15) is 18.3 Å². The normalized spacial score (nSPS) is 25.2. The van der Waals surface area contributed by atoms with Crippen LogP contribution < -0.4 is 0 Å². The SMILES string of the molecule is CCc1nn(C)c(CC2CSCC2Br)c1Cl. The lowest BCUT2D eigenvalue weighted by Gasteiger charge is -2.13. The molecule has 1 fully saturated rings. The van der Waals surface area contributed by atoms with Crippen LogP contribution in [0.4, 0.5) is 0 Å². The van der Waals surface area contributed by atoms with E-state index in [9.17, 15) is 0 Å². The Morgan fingerprint density at radius 1 is 1.56 bits per heavy atom. The fraction of sp³-hybridized carbons (Fsp3) is 0.727. The van der Waals surface area contributed by atoms with Gasteiger partial charge in [-0.2, -0.15) is 16.9 Å². The number of hydrogen-bond acceptors (Lipinski definition) is 2. The predicted octanol–water partition coefficient (Wildman–Crippen LogP) is 3.30. The summed E-state index contributed by atoms with van der Waals surface area (Å²) in [7, 11) is 1.99. The minimum Gasteiger partial charge on any atom is -0.271 e. The summed E-state index contributed by atoms with van der Waals surface area (Å²) >= 11 is 12.1. The van der Waals surface area contributed by atoms with Crippen LogP contribution in [-0.4, -0.2) is 26.1 Å². The molecule has 16 heavy (non-hydrogen) atoms. The lowest BCUT2D eigenvalue weighted by atomic mass is 10.0. The first kappa shape index (κ1) is 12.8. The van der Waals surface area contributed by atoms with Crippen molar-refractivity contribution in [3.8, 4) is 0 Å². The molecule has 1 aromatic heterocycles. The van der Waals surface area contributed by atoms with E-state index in [1.807, 2.05) is 23.5 Å². The first-order chi connectivity index (χ1) is 7.63. The average molecular weight is 324 g/mol. The molecule has 1 saturated heterocycles. The molecule has 2 unspecified atom stereocenters. The molecule has 2 atom stereocenters. The molecule has 0 spiro atoms. The summed E-state index contributed by atoms with van der Waals surface area (Å²) in [6.45, 7) is 2.09. The van der Waals surface area contributed by atoms with Crippen LogP contribution >= 0.6 is 39.3 Å². The maximum absolute atomic E-state index is 6.35. The highest BCUT2D eigenvalue weighted by molar-refractivity contribution is 9.09. The fourth-order valence-corrected chi connectivity index (χ4v) is 4.89. The van der Waals surface area contributed by atoms with E-state index in [1.165, 1.54) is 17.2 Å². The Kier molecular flexibility index (Phi) is 4.25. The van der Waals surface area contributed by atoms with Gasteiger partial charge in [0.1, 0.15) is 0 Å². The van der Waals surface area contributed by atoms with Crippen molar-refractivity contribution in [3.63, 3.8) is 0 Å². The molecule has 5 heteroatoms. The van der Waals surface area contributed by atoms with E-state index >= 15 is 0 Å². The first-order valence-corrected chi connectivity index (χ1v) is 8.00. The van der Waals surface area contributed by atoms with E-state index in [0.717, 1.165) is 23.6 Å². The minimum atomic E-state index is 0.619. The monoisotopic (exact) mass is 322 g/mol. The molecule has 1 aliphatic heterocycles. The Morgan fingerprint density at radius 2 is 2.31 bits per heavy atom. The largest absolute Gasteiger partial charge is 0.271 e. The van der Waals surface area contributed by atoms with Crippen molar-refractivity contribution in [1.29, 1.82) is 0 Å². The molecule has 0 bridgehead atoms. The molecule has 0 aliphatic carbocycles. The van der Waals surface area contributed by atoms with Gasteiger partial charge in [0.05, 0.1) is 16.4 Å². The van der Waals surface area contributed by atoms with Crippen molar-refractivity contribution < 1.29 is 0 Å². The minimum absolute atomic E-state index is 0.619. The van der Waals surface area contributed by atoms with Crippen LogP contribution in [0.15, 0.2) is 0 Å². The molecule has 2 nitrogen and oxygen atoms in total. The number of nitrogens with zero attached hydrogens (tertiary/aromatic N) is 2. The van der Waals surface area contributed by atoms with E-state index in [2.05, 4.69) is 28.0 Å². The highest BCUT2D eigenvalue weighted by Gasteiger charge is 2.28. The molecule has 2 heterocycles. The van der Waals surface area contributed by atoms with Gasteiger partial charge in [-0.3, -0.25) is 4.68 Å². The quantitative estimate of drug-likeness (QED) is 0.794. The number of rotatable bonds is 3. The molecular weight excluding hydrogens is 308 g/mol. The second kappa shape index (κ2) is 5.32. The highest BCUT2D eigenvalue weighted by atomic mass is 79.9. The number of aryl methyl sites for hydroxylation is 2. The second-order valence-electron chi connectivity index (χ2n) is 4.20. The summed E-state index contributed by atoms with van der Waals surface area (Å²) in [6, 6.07) is 0. The summed E-state index contributed by atoms with van der Waals surface area (Å²) in [6.07, 6.45) is 1.94. The van der Waals surface area contributed by atoms with Gasteiger partial charge in [0.2, 0.25) is 0 Å². The van der Waals surface area contributed by atoms with E-state index < -0.39 is 0 Å². The number of halogens is 2. The summed E-state index contributed by atoms with van der Waals surface area (Å²) in [4.78, 5) is 0.619. The summed E-state index contributed by atoms with van der Waals surface area (Å²) < 4.78 is 1.95. The molecule has 1 aromatic rings. The van der Waals surface area contributed by atoms with Crippen LogP contribution in [0.3, 0.4) is 0 Å². The number of alkyl halides is 1. The van der Waals surface area contributed by atoms with Crippen LogP contribution in [0.25, 0.3) is 0 Å². The third kappa shape index (κ3) is 2.44. The Morgan fingerprint density at radius 3 is 2.81 bits per heavy atom. The van der Waals surface area contributed by atoms with Crippen molar-refractivity contribution in [2.45, 2.75) is 24.6 Å².